The standard InChI is InChI=1S/C18H29N5O2/c1-4-5-14-12-23(13-16(14)21(2)3)17-11-19-10-15(20-17)18(24)22-6-8-25-9-7-22/h10-11,14,16H,4-9,12-13H2,1-3H3/t14-,16-/m1/s1. The molecule has 2 aliphatic heterocycles. The molecule has 2 aliphatic rings. The molecule has 0 N–H and O–H groups in total. The number of likely N-dealkylation sites (N-methyl/N-ethyl adjacent to an activating group) is 1. The second kappa shape index (κ2) is 8.10. The number of hydrogen-bond acceptors (Lipinski definition) is 6. The first-order valence-electron chi connectivity index (χ1n) is 9.20. The van der Waals surface area contributed by atoms with Gasteiger partial charge in [-0.1, -0.05) is 13.3 Å². The Hall–Kier alpha value is -1.73. The number of ether oxygens (including phenoxy) is 1. The summed E-state index contributed by atoms with van der Waals surface area (Å²) in [5, 5.41) is 0. The summed E-state index contributed by atoms with van der Waals surface area (Å²) in [5.41, 5.74) is 0.430. The Labute approximate surface area is 150 Å². The fraction of sp³-hybridized carbons (Fsp3) is 0.722. The van der Waals surface area contributed by atoms with E-state index in [2.05, 4.69) is 40.8 Å². The van der Waals surface area contributed by atoms with Crippen molar-refractivity contribution >= 4 is 11.7 Å². The van der Waals surface area contributed by atoms with Crippen molar-refractivity contribution in [2.24, 2.45) is 5.92 Å². The van der Waals surface area contributed by atoms with Crippen LogP contribution in [0.15, 0.2) is 12.4 Å². The van der Waals surface area contributed by atoms with E-state index >= 15 is 0 Å². The van der Waals surface area contributed by atoms with Crippen molar-refractivity contribution in [1.29, 1.82) is 0 Å². The average molecular weight is 347 g/mol. The number of aromatic nitrogens is 2. The lowest BCUT2D eigenvalue weighted by Gasteiger charge is -2.26. The lowest BCUT2D eigenvalue weighted by molar-refractivity contribution is 0.0299. The fourth-order valence-electron chi connectivity index (χ4n) is 3.82. The maximum absolute atomic E-state index is 12.6. The molecule has 0 bridgehead atoms. The summed E-state index contributed by atoms with van der Waals surface area (Å²) in [6.07, 6.45) is 5.74. The normalized spacial score (nSPS) is 24.2. The van der Waals surface area contributed by atoms with E-state index in [9.17, 15) is 4.79 Å². The molecule has 0 radical (unpaired) electrons. The van der Waals surface area contributed by atoms with Gasteiger partial charge in [0.15, 0.2) is 0 Å². The van der Waals surface area contributed by atoms with Gasteiger partial charge in [0.1, 0.15) is 11.5 Å². The molecule has 7 heteroatoms. The van der Waals surface area contributed by atoms with Crippen LogP contribution in [0, 0.1) is 5.92 Å². The molecule has 138 valence electrons. The Morgan fingerprint density at radius 1 is 1.28 bits per heavy atom. The predicted octanol–water partition coefficient (Wildman–Crippen LogP) is 1.12. The van der Waals surface area contributed by atoms with Crippen molar-refractivity contribution in [2.45, 2.75) is 25.8 Å². The molecular formula is C18H29N5O2. The highest BCUT2D eigenvalue weighted by molar-refractivity contribution is 5.92. The monoisotopic (exact) mass is 347 g/mol. The molecule has 0 spiro atoms. The van der Waals surface area contributed by atoms with Gasteiger partial charge in [-0.05, 0) is 26.4 Å². The summed E-state index contributed by atoms with van der Waals surface area (Å²) in [7, 11) is 4.28. The first-order chi connectivity index (χ1) is 12.1. The van der Waals surface area contributed by atoms with E-state index in [1.807, 2.05) is 0 Å². The lowest BCUT2D eigenvalue weighted by atomic mass is 9.98. The highest BCUT2D eigenvalue weighted by Crippen LogP contribution is 2.28. The number of rotatable bonds is 5. The molecule has 2 saturated heterocycles. The minimum absolute atomic E-state index is 0.0499. The molecule has 1 aromatic heterocycles. The van der Waals surface area contributed by atoms with Crippen molar-refractivity contribution in [3.8, 4) is 0 Å². The number of carbonyl (C=O) groups is 1. The van der Waals surface area contributed by atoms with E-state index < -0.39 is 0 Å². The molecule has 2 fully saturated rings. The van der Waals surface area contributed by atoms with Crippen LogP contribution in [0.25, 0.3) is 0 Å². The molecule has 1 aromatic rings. The van der Waals surface area contributed by atoms with Crippen LogP contribution in [-0.4, -0.2) is 85.2 Å². The summed E-state index contributed by atoms with van der Waals surface area (Å²) < 4.78 is 5.32. The van der Waals surface area contributed by atoms with Gasteiger partial charge in [0, 0.05) is 32.2 Å². The fourth-order valence-corrected chi connectivity index (χ4v) is 3.82. The molecule has 3 heterocycles. The van der Waals surface area contributed by atoms with Gasteiger partial charge in [0.25, 0.3) is 5.91 Å². The van der Waals surface area contributed by atoms with E-state index in [1.165, 1.54) is 12.8 Å². The summed E-state index contributed by atoms with van der Waals surface area (Å²) in [4.78, 5) is 27.9. The van der Waals surface area contributed by atoms with Gasteiger partial charge in [0.05, 0.1) is 25.6 Å². The molecular weight excluding hydrogens is 318 g/mol. The quantitative estimate of drug-likeness (QED) is 0.795. The van der Waals surface area contributed by atoms with Crippen LogP contribution in [0.1, 0.15) is 30.3 Å². The van der Waals surface area contributed by atoms with E-state index in [-0.39, 0.29) is 5.91 Å². The van der Waals surface area contributed by atoms with Crippen LogP contribution in [-0.2, 0) is 4.74 Å². The zero-order valence-corrected chi connectivity index (χ0v) is 15.5. The maximum atomic E-state index is 12.6. The summed E-state index contributed by atoms with van der Waals surface area (Å²) in [5.74, 6) is 1.39. The van der Waals surface area contributed by atoms with E-state index in [0.717, 1.165) is 18.9 Å². The molecule has 0 saturated carbocycles. The third-order valence-electron chi connectivity index (χ3n) is 5.19. The number of hydrogen-bond donors (Lipinski definition) is 0. The molecule has 0 aromatic carbocycles. The summed E-state index contributed by atoms with van der Waals surface area (Å²) >= 11 is 0. The van der Waals surface area contributed by atoms with Gasteiger partial charge in [-0.25, -0.2) is 4.98 Å². The van der Waals surface area contributed by atoms with Gasteiger partial charge in [-0.3, -0.25) is 9.78 Å². The first kappa shape index (κ1) is 18.1. The predicted molar refractivity (Wildman–Crippen MR) is 96.8 cm³/mol. The lowest BCUT2D eigenvalue weighted by Crippen LogP contribution is -2.41. The molecule has 25 heavy (non-hydrogen) atoms. The zero-order chi connectivity index (χ0) is 17.8. The van der Waals surface area contributed by atoms with E-state index in [1.54, 1.807) is 17.3 Å². The molecule has 0 aliphatic carbocycles. The third-order valence-corrected chi connectivity index (χ3v) is 5.19. The molecule has 3 rings (SSSR count). The number of amides is 1. The van der Waals surface area contributed by atoms with Gasteiger partial charge < -0.3 is 19.4 Å². The van der Waals surface area contributed by atoms with E-state index in [0.29, 0.717) is 44.0 Å². The van der Waals surface area contributed by atoms with Gasteiger partial charge in [-0.2, -0.15) is 0 Å². The Morgan fingerprint density at radius 3 is 2.72 bits per heavy atom. The smallest absolute Gasteiger partial charge is 0.274 e. The first-order valence-corrected chi connectivity index (χ1v) is 9.20. The van der Waals surface area contributed by atoms with Gasteiger partial charge >= 0.3 is 0 Å². The third kappa shape index (κ3) is 4.10. The Morgan fingerprint density at radius 2 is 2.04 bits per heavy atom. The Kier molecular flexibility index (Phi) is 5.86. The maximum Gasteiger partial charge on any atom is 0.274 e. The van der Waals surface area contributed by atoms with E-state index in [4.69, 9.17) is 4.74 Å². The van der Waals surface area contributed by atoms with Crippen molar-refractivity contribution in [1.82, 2.24) is 19.8 Å². The zero-order valence-electron chi connectivity index (χ0n) is 15.5. The minimum atomic E-state index is -0.0499. The van der Waals surface area contributed by atoms with Crippen molar-refractivity contribution in [3.63, 3.8) is 0 Å². The molecule has 7 nitrogen and oxygen atoms in total. The number of nitrogens with zero attached hydrogens (tertiary/aromatic N) is 5. The number of anilines is 1. The number of carbonyl (C=O) groups excluding carboxylic acids is 1. The van der Waals surface area contributed by atoms with Crippen molar-refractivity contribution in [3.05, 3.63) is 18.1 Å². The van der Waals surface area contributed by atoms with Crippen molar-refractivity contribution < 1.29 is 9.53 Å². The SMILES string of the molecule is CCC[C@@H]1CN(c2cncc(C(=O)N3CCOCC3)n2)C[C@H]1N(C)C. The average Bonchev–Trinajstić information content (AvgIpc) is 3.07. The highest BCUT2D eigenvalue weighted by Gasteiger charge is 2.34. The molecule has 1 amide bonds. The second-order valence-corrected chi connectivity index (χ2v) is 7.15. The van der Waals surface area contributed by atoms with Crippen LogP contribution < -0.4 is 4.90 Å². The van der Waals surface area contributed by atoms with Gasteiger partial charge in [-0.15, -0.1) is 0 Å². The Bertz CT molecular complexity index is 589. The molecule has 2 atom stereocenters. The highest BCUT2D eigenvalue weighted by atomic mass is 16.5. The van der Waals surface area contributed by atoms with Gasteiger partial charge in [0.2, 0.25) is 0 Å². The molecule has 0 unspecified atom stereocenters. The topological polar surface area (TPSA) is 61.8 Å². The van der Waals surface area contributed by atoms with Crippen LogP contribution in [0.3, 0.4) is 0 Å². The number of morpholine rings is 1. The van der Waals surface area contributed by atoms with Crippen LogP contribution in [0.5, 0.6) is 0 Å². The minimum Gasteiger partial charge on any atom is -0.378 e. The summed E-state index contributed by atoms with van der Waals surface area (Å²) in [6, 6.07) is 0.514. The summed E-state index contributed by atoms with van der Waals surface area (Å²) in [6.45, 7) is 6.56. The second-order valence-electron chi connectivity index (χ2n) is 7.15. The van der Waals surface area contributed by atoms with Crippen LogP contribution in [0.2, 0.25) is 0 Å². The Balaban J connectivity index is 1.74. The van der Waals surface area contributed by atoms with Crippen molar-refractivity contribution in [2.75, 3.05) is 58.4 Å². The largest absolute Gasteiger partial charge is 0.378 e. The van der Waals surface area contributed by atoms with Crippen LogP contribution >= 0.6 is 0 Å². The van der Waals surface area contributed by atoms with Crippen LogP contribution in [0.4, 0.5) is 5.82 Å².